The van der Waals surface area contributed by atoms with E-state index in [0.29, 0.717) is 0 Å². The van der Waals surface area contributed by atoms with Crippen molar-refractivity contribution in [3.8, 4) is 0 Å². The van der Waals surface area contributed by atoms with Crippen molar-refractivity contribution in [2.24, 2.45) is 0 Å². The summed E-state index contributed by atoms with van der Waals surface area (Å²) in [6.45, 7) is 7.15. The van der Waals surface area contributed by atoms with Crippen molar-refractivity contribution in [2.45, 2.75) is 19.9 Å². The summed E-state index contributed by atoms with van der Waals surface area (Å²) in [7, 11) is 0. The lowest BCUT2D eigenvalue weighted by molar-refractivity contribution is -0.159. The van der Waals surface area contributed by atoms with Crippen molar-refractivity contribution >= 4 is 11.9 Å². The minimum atomic E-state index is -1.82. The Morgan fingerprint density at radius 1 is 1.05 bits per heavy atom. The lowest BCUT2D eigenvalue weighted by atomic mass is 10.1. The zero-order valence-corrected chi connectivity index (χ0v) is 12.1. The molecule has 116 valence electrons. The van der Waals surface area contributed by atoms with E-state index in [2.05, 4.69) is 36.1 Å². The van der Waals surface area contributed by atoms with Crippen LogP contribution in [0.15, 0.2) is 24.3 Å². The first-order valence-corrected chi connectivity index (χ1v) is 6.87. The van der Waals surface area contributed by atoms with Gasteiger partial charge >= 0.3 is 11.9 Å². The van der Waals surface area contributed by atoms with Gasteiger partial charge in [-0.1, -0.05) is 31.2 Å². The van der Waals surface area contributed by atoms with Gasteiger partial charge in [0.15, 0.2) is 0 Å². The van der Waals surface area contributed by atoms with E-state index in [1.807, 2.05) is 0 Å². The van der Waals surface area contributed by atoms with Gasteiger partial charge in [-0.05, 0) is 17.5 Å². The van der Waals surface area contributed by atoms with Gasteiger partial charge in [0, 0.05) is 19.6 Å². The Bertz CT molecular complexity index is 440. The van der Waals surface area contributed by atoms with Gasteiger partial charge < -0.3 is 14.9 Å². The van der Waals surface area contributed by atoms with Crippen LogP contribution in [0.2, 0.25) is 0 Å². The zero-order chi connectivity index (χ0) is 15.7. The number of aryl methyl sites for hydroxylation is 1. The van der Waals surface area contributed by atoms with Crippen LogP contribution in [0.5, 0.6) is 0 Å². The number of carboxylic acids is 2. The fourth-order valence-corrected chi connectivity index (χ4v) is 1.90. The Morgan fingerprint density at radius 3 is 1.95 bits per heavy atom. The van der Waals surface area contributed by atoms with Crippen LogP contribution in [0.25, 0.3) is 0 Å². The highest BCUT2D eigenvalue weighted by Crippen LogP contribution is 2.09. The van der Waals surface area contributed by atoms with Crippen LogP contribution in [-0.4, -0.2) is 53.4 Å². The molecule has 0 unspecified atom stereocenters. The second-order valence-electron chi connectivity index (χ2n) is 4.67. The molecule has 0 saturated carbocycles. The summed E-state index contributed by atoms with van der Waals surface area (Å²) in [6.07, 6.45) is 1.12. The van der Waals surface area contributed by atoms with Crippen molar-refractivity contribution in [1.29, 1.82) is 0 Å². The first-order valence-electron chi connectivity index (χ1n) is 6.87. The number of aliphatic carboxylic acids is 2. The molecule has 0 atom stereocenters. The van der Waals surface area contributed by atoms with E-state index in [0.717, 1.165) is 39.3 Å². The van der Waals surface area contributed by atoms with E-state index in [4.69, 9.17) is 24.5 Å². The van der Waals surface area contributed by atoms with Crippen LogP contribution in [0.1, 0.15) is 18.1 Å². The largest absolute Gasteiger partial charge is 0.473 e. The molecule has 1 aromatic carbocycles. The van der Waals surface area contributed by atoms with Gasteiger partial charge in [-0.2, -0.15) is 0 Å². The van der Waals surface area contributed by atoms with E-state index >= 15 is 0 Å². The summed E-state index contributed by atoms with van der Waals surface area (Å²) in [5.74, 6) is -3.65. The molecule has 1 aromatic rings. The van der Waals surface area contributed by atoms with E-state index in [1.165, 1.54) is 11.1 Å². The first-order chi connectivity index (χ1) is 10.0. The Balaban J connectivity index is 0.000000315. The van der Waals surface area contributed by atoms with Crippen molar-refractivity contribution in [2.75, 3.05) is 26.3 Å². The van der Waals surface area contributed by atoms with E-state index < -0.39 is 11.9 Å². The molecule has 1 aliphatic rings. The Hall–Kier alpha value is -1.92. The molecular weight excluding hydrogens is 274 g/mol. The molecule has 0 radical (unpaired) electrons. The number of hydrogen-bond donors (Lipinski definition) is 2. The number of rotatable bonds is 3. The molecule has 2 rings (SSSR count). The van der Waals surface area contributed by atoms with Crippen LogP contribution in [0.3, 0.4) is 0 Å². The number of carboxylic acid groups (broad SMARTS) is 2. The third kappa shape index (κ3) is 6.87. The van der Waals surface area contributed by atoms with Crippen LogP contribution in [0, 0.1) is 0 Å². The summed E-state index contributed by atoms with van der Waals surface area (Å²) >= 11 is 0. The van der Waals surface area contributed by atoms with Crippen LogP contribution in [0.4, 0.5) is 0 Å². The highest BCUT2D eigenvalue weighted by Gasteiger charge is 2.10. The average molecular weight is 295 g/mol. The maximum atomic E-state index is 9.10. The predicted molar refractivity (Wildman–Crippen MR) is 77.2 cm³/mol. The number of ether oxygens (including phenoxy) is 1. The SMILES string of the molecule is CCc1ccc(CN2CCOCC2)cc1.O=C(O)C(=O)O. The smallest absolute Gasteiger partial charge is 0.414 e. The van der Waals surface area contributed by atoms with Gasteiger partial charge in [0.05, 0.1) is 13.2 Å². The van der Waals surface area contributed by atoms with Crippen molar-refractivity contribution in [3.05, 3.63) is 35.4 Å². The minimum absolute atomic E-state index is 0.882. The number of carbonyl (C=O) groups is 2. The molecule has 0 spiro atoms. The van der Waals surface area contributed by atoms with Gasteiger partial charge in [-0.3, -0.25) is 4.90 Å². The Kier molecular flexibility index (Phi) is 7.42. The van der Waals surface area contributed by atoms with E-state index in [-0.39, 0.29) is 0 Å². The number of morpholine rings is 1. The van der Waals surface area contributed by atoms with Gasteiger partial charge in [0.2, 0.25) is 0 Å². The van der Waals surface area contributed by atoms with Crippen molar-refractivity contribution < 1.29 is 24.5 Å². The monoisotopic (exact) mass is 295 g/mol. The Morgan fingerprint density at radius 2 is 1.52 bits per heavy atom. The van der Waals surface area contributed by atoms with Crippen LogP contribution in [-0.2, 0) is 27.3 Å². The normalized spacial score (nSPS) is 14.9. The molecule has 6 heteroatoms. The standard InChI is InChI=1S/C13H19NO.C2H2O4/c1-2-12-3-5-13(6-4-12)11-14-7-9-15-10-8-14;3-1(4)2(5)6/h3-6H,2,7-11H2,1H3;(H,3,4)(H,5,6). The molecule has 0 aliphatic carbocycles. The van der Waals surface area contributed by atoms with Gasteiger partial charge in [-0.25, -0.2) is 9.59 Å². The highest BCUT2D eigenvalue weighted by atomic mass is 16.5. The second kappa shape index (κ2) is 9.10. The molecule has 21 heavy (non-hydrogen) atoms. The fraction of sp³-hybridized carbons (Fsp3) is 0.467. The summed E-state index contributed by atoms with van der Waals surface area (Å²) in [6, 6.07) is 8.95. The van der Waals surface area contributed by atoms with E-state index in [1.54, 1.807) is 0 Å². The lowest BCUT2D eigenvalue weighted by Crippen LogP contribution is -2.35. The van der Waals surface area contributed by atoms with Gasteiger partial charge in [0.25, 0.3) is 0 Å². The molecule has 1 saturated heterocycles. The van der Waals surface area contributed by atoms with Crippen molar-refractivity contribution in [1.82, 2.24) is 4.90 Å². The third-order valence-corrected chi connectivity index (χ3v) is 3.12. The topological polar surface area (TPSA) is 87.1 Å². The van der Waals surface area contributed by atoms with Crippen molar-refractivity contribution in [3.63, 3.8) is 0 Å². The molecular formula is C15H21NO5. The maximum absolute atomic E-state index is 9.10. The van der Waals surface area contributed by atoms with Gasteiger partial charge in [0.1, 0.15) is 0 Å². The Labute approximate surface area is 124 Å². The molecule has 0 aromatic heterocycles. The molecule has 0 bridgehead atoms. The first kappa shape index (κ1) is 17.1. The molecule has 1 fully saturated rings. The summed E-state index contributed by atoms with van der Waals surface area (Å²) < 4.78 is 5.33. The quantitative estimate of drug-likeness (QED) is 0.816. The van der Waals surface area contributed by atoms with Crippen LogP contribution < -0.4 is 0 Å². The summed E-state index contributed by atoms with van der Waals surface area (Å²) in [5, 5.41) is 14.8. The summed E-state index contributed by atoms with van der Waals surface area (Å²) in [4.78, 5) is 20.6. The highest BCUT2D eigenvalue weighted by molar-refractivity contribution is 6.27. The summed E-state index contributed by atoms with van der Waals surface area (Å²) in [5.41, 5.74) is 2.83. The average Bonchev–Trinajstić information content (AvgIpc) is 2.49. The molecule has 0 amide bonds. The number of hydrogen-bond acceptors (Lipinski definition) is 4. The minimum Gasteiger partial charge on any atom is -0.473 e. The second-order valence-corrected chi connectivity index (χ2v) is 4.67. The predicted octanol–water partition coefficient (Wildman–Crippen LogP) is 1.24. The molecule has 1 heterocycles. The number of nitrogens with zero attached hydrogens (tertiary/aromatic N) is 1. The van der Waals surface area contributed by atoms with Crippen LogP contribution >= 0.6 is 0 Å². The molecule has 1 aliphatic heterocycles. The fourth-order valence-electron chi connectivity index (χ4n) is 1.90. The van der Waals surface area contributed by atoms with E-state index in [9.17, 15) is 0 Å². The lowest BCUT2D eigenvalue weighted by Gasteiger charge is -2.26. The zero-order valence-electron chi connectivity index (χ0n) is 12.1. The number of benzene rings is 1. The molecule has 2 N–H and O–H groups in total. The molecule has 6 nitrogen and oxygen atoms in total. The maximum Gasteiger partial charge on any atom is 0.414 e. The third-order valence-electron chi connectivity index (χ3n) is 3.12. The van der Waals surface area contributed by atoms with Gasteiger partial charge in [-0.15, -0.1) is 0 Å².